The molecule has 11 heteroatoms. The summed E-state index contributed by atoms with van der Waals surface area (Å²) in [5, 5.41) is 13.7. The van der Waals surface area contributed by atoms with E-state index >= 15 is 4.39 Å². The molecule has 3 atom stereocenters. The first kappa shape index (κ1) is 26.9. The third kappa shape index (κ3) is 3.97. The Morgan fingerprint density at radius 3 is 2.72 bits per heavy atom. The van der Waals surface area contributed by atoms with Crippen molar-refractivity contribution in [1.29, 1.82) is 0 Å². The standard InChI is InChI=1S/C32H30FN7O3/c1-34-23-11-22(33)27(35-2)25-26-29(39-13-16-6-10-24(38(3)4)21(16)15-39)20(12-36-30(26)37-28(23)25)17-5-7-18-8-9-19(32(42)43)31(41)40(18)14-17/h5,7-9,11-12,14,16,21,24,34H,6,10,13,15H2,1,3-4H3,(H,36,37)(H,42,43)/t16-,21?,24-/m1/s1. The summed E-state index contributed by atoms with van der Waals surface area (Å²) < 4.78 is 16.7. The Morgan fingerprint density at radius 2 is 2.00 bits per heavy atom. The number of H-pyrrole nitrogens is 1. The summed E-state index contributed by atoms with van der Waals surface area (Å²) in [6.45, 7) is 9.46. The molecule has 0 amide bonds. The Bertz CT molecular complexity index is 2080. The smallest absolute Gasteiger partial charge is 0.341 e. The van der Waals surface area contributed by atoms with E-state index in [0.29, 0.717) is 56.6 Å². The topological polar surface area (TPSA) is 110 Å². The van der Waals surface area contributed by atoms with Crippen LogP contribution in [0, 0.1) is 24.2 Å². The molecule has 7 rings (SSSR count). The van der Waals surface area contributed by atoms with Gasteiger partial charge in [-0.05, 0) is 63.0 Å². The Balaban J connectivity index is 1.54. The molecule has 1 aromatic carbocycles. The second-order valence-corrected chi connectivity index (χ2v) is 11.7. The van der Waals surface area contributed by atoms with Gasteiger partial charge in [-0.3, -0.25) is 9.20 Å². The Kier molecular flexibility index (Phi) is 6.14. The number of hydrogen-bond acceptors (Lipinski definition) is 6. The lowest BCUT2D eigenvalue weighted by atomic mass is 9.97. The van der Waals surface area contributed by atoms with Gasteiger partial charge in [0.1, 0.15) is 17.0 Å². The van der Waals surface area contributed by atoms with E-state index < -0.39 is 17.3 Å². The van der Waals surface area contributed by atoms with Crippen molar-refractivity contribution in [2.24, 2.45) is 11.8 Å². The number of pyridine rings is 3. The number of carboxylic acid groups (broad SMARTS) is 1. The van der Waals surface area contributed by atoms with Crippen LogP contribution >= 0.6 is 0 Å². The molecular formula is C32H30FN7O3. The first-order valence-electron chi connectivity index (χ1n) is 14.2. The average Bonchev–Trinajstić information content (AvgIpc) is 3.69. The van der Waals surface area contributed by atoms with Gasteiger partial charge in [0, 0.05) is 66.0 Å². The van der Waals surface area contributed by atoms with Crippen LogP contribution in [-0.4, -0.2) is 70.6 Å². The number of aromatic nitrogens is 3. The van der Waals surface area contributed by atoms with E-state index in [0.717, 1.165) is 37.2 Å². The Hall–Kier alpha value is -4.95. The van der Waals surface area contributed by atoms with Gasteiger partial charge in [0.15, 0.2) is 0 Å². The van der Waals surface area contributed by atoms with Crippen LogP contribution in [-0.2, 0) is 0 Å². The maximum absolute atomic E-state index is 15.4. The molecule has 2 aliphatic rings. The van der Waals surface area contributed by atoms with Crippen LogP contribution in [0.5, 0.6) is 0 Å². The summed E-state index contributed by atoms with van der Waals surface area (Å²) in [6.07, 6.45) is 5.63. The van der Waals surface area contributed by atoms with Gasteiger partial charge in [-0.2, -0.15) is 0 Å². The molecule has 1 unspecified atom stereocenters. The first-order chi connectivity index (χ1) is 20.7. The van der Waals surface area contributed by atoms with E-state index in [4.69, 9.17) is 11.6 Å². The zero-order valence-electron chi connectivity index (χ0n) is 24.0. The summed E-state index contributed by atoms with van der Waals surface area (Å²) >= 11 is 0. The molecule has 0 radical (unpaired) electrons. The van der Waals surface area contributed by atoms with Gasteiger partial charge in [0.05, 0.1) is 23.5 Å². The maximum Gasteiger partial charge on any atom is 0.341 e. The number of carboxylic acids is 1. The normalized spacial score (nSPS) is 19.9. The molecule has 4 aromatic heterocycles. The number of aromatic carboxylic acids is 1. The van der Waals surface area contributed by atoms with Crippen molar-refractivity contribution in [3.8, 4) is 11.1 Å². The summed E-state index contributed by atoms with van der Waals surface area (Å²) in [4.78, 5) is 41.2. The highest BCUT2D eigenvalue weighted by atomic mass is 19.1. The lowest BCUT2D eigenvalue weighted by Gasteiger charge is -2.28. The number of hydrogen-bond donors (Lipinski definition) is 3. The highest BCUT2D eigenvalue weighted by molar-refractivity contribution is 6.22. The minimum atomic E-state index is -1.29. The van der Waals surface area contributed by atoms with E-state index in [1.807, 2.05) is 6.07 Å². The number of nitrogens with one attached hydrogen (secondary N) is 2. The number of benzene rings is 1. The maximum atomic E-state index is 15.4. The van der Waals surface area contributed by atoms with Gasteiger partial charge in [0.2, 0.25) is 5.69 Å². The molecule has 3 N–H and O–H groups in total. The molecule has 1 aliphatic heterocycles. The van der Waals surface area contributed by atoms with Gasteiger partial charge < -0.3 is 25.2 Å². The van der Waals surface area contributed by atoms with Gasteiger partial charge >= 0.3 is 5.97 Å². The summed E-state index contributed by atoms with van der Waals surface area (Å²) in [5.41, 5.74) is 3.39. The summed E-state index contributed by atoms with van der Waals surface area (Å²) in [6, 6.07) is 8.34. The molecule has 10 nitrogen and oxygen atoms in total. The Labute approximate surface area is 246 Å². The van der Waals surface area contributed by atoms with E-state index in [-0.39, 0.29) is 11.3 Å². The number of aromatic amines is 1. The first-order valence-corrected chi connectivity index (χ1v) is 14.2. The number of carbonyl (C=O) groups is 1. The fraction of sp³-hybridized carbons (Fsp3) is 0.312. The number of rotatable bonds is 5. The summed E-state index contributed by atoms with van der Waals surface area (Å²) in [5.74, 6) is -0.983. The van der Waals surface area contributed by atoms with Crippen molar-refractivity contribution in [3.05, 3.63) is 75.9 Å². The van der Waals surface area contributed by atoms with Crippen LogP contribution in [0.3, 0.4) is 0 Å². The van der Waals surface area contributed by atoms with Crippen LogP contribution in [0.2, 0.25) is 0 Å². The van der Waals surface area contributed by atoms with Crippen molar-refractivity contribution >= 4 is 50.5 Å². The number of halogens is 1. The summed E-state index contributed by atoms with van der Waals surface area (Å²) in [7, 11) is 5.94. The molecule has 218 valence electrons. The fourth-order valence-corrected chi connectivity index (χ4v) is 7.39. The fourth-order valence-electron chi connectivity index (χ4n) is 7.39. The van der Waals surface area contributed by atoms with Gasteiger partial charge in [0.25, 0.3) is 5.56 Å². The Morgan fingerprint density at radius 1 is 1.21 bits per heavy atom. The molecule has 5 heterocycles. The highest BCUT2D eigenvalue weighted by Gasteiger charge is 2.44. The van der Waals surface area contributed by atoms with Crippen molar-refractivity contribution in [2.75, 3.05) is 44.4 Å². The molecule has 1 aliphatic carbocycles. The van der Waals surface area contributed by atoms with Crippen LogP contribution in [0.25, 0.3) is 43.4 Å². The third-order valence-electron chi connectivity index (χ3n) is 9.37. The number of anilines is 2. The van der Waals surface area contributed by atoms with Crippen molar-refractivity contribution in [1.82, 2.24) is 19.3 Å². The zero-order valence-corrected chi connectivity index (χ0v) is 24.0. The van der Waals surface area contributed by atoms with E-state index in [2.05, 4.69) is 39.0 Å². The largest absolute Gasteiger partial charge is 0.477 e. The molecule has 5 aromatic rings. The van der Waals surface area contributed by atoms with Crippen LogP contribution < -0.4 is 15.8 Å². The van der Waals surface area contributed by atoms with Crippen molar-refractivity contribution in [2.45, 2.75) is 18.9 Å². The molecule has 1 saturated heterocycles. The van der Waals surface area contributed by atoms with Crippen LogP contribution in [0.4, 0.5) is 21.5 Å². The van der Waals surface area contributed by atoms with Crippen LogP contribution in [0.15, 0.2) is 47.5 Å². The van der Waals surface area contributed by atoms with Crippen molar-refractivity contribution in [3.63, 3.8) is 0 Å². The molecule has 1 saturated carbocycles. The molecule has 2 fully saturated rings. The lowest BCUT2D eigenvalue weighted by molar-refractivity contribution is 0.0694. The zero-order chi connectivity index (χ0) is 30.2. The number of nitrogens with zero attached hydrogens (tertiary/aromatic N) is 5. The minimum Gasteiger partial charge on any atom is -0.477 e. The van der Waals surface area contributed by atoms with Crippen LogP contribution in [0.1, 0.15) is 23.2 Å². The second-order valence-electron chi connectivity index (χ2n) is 11.7. The van der Waals surface area contributed by atoms with Gasteiger partial charge in [-0.25, -0.2) is 19.0 Å². The monoisotopic (exact) mass is 579 g/mol. The quantitative estimate of drug-likeness (QED) is 0.246. The predicted molar refractivity (Wildman–Crippen MR) is 165 cm³/mol. The van der Waals surface area contributed by atoms with E-state index in [9.17, 15) is 14.7 Å². The van der Waals surface area contributed by atoms with Crippen molar-refractivity contribution < 1.29 is 14.3 Å². The highest BCUT2D eigenvalue weighted by Crippen LogP contribution is 2.49. The molecule has 0 bridgehead atoms. The van der Waals surface area contributed by atoms with E-state index in [1.165, 1.54) is 16.5 Å². The average molecular weight is 580 g/mol. The number of fused-ring (bicyclic) bond motifs is 5. The molecular weight excluding hydrogens is 549 g/mol. The minimum absolute atomic E-state index is 0.0770. The lowest BCUT2D eigenvalue weighted by Crippen LogP contribution is -2.35. The van der Waals surface area contributed by atoms with Gasteiger partial charge in [-0.15, -0.1) is 0 Å². The SMILES string of the molecule is [C-]#[N+]c1c(F)cc(NC)c2[nH]c3ncc(-c4ccc5ccc(C(=O)O)c(=O)n5c4)c(N4CC5[C@H](CC[C@H]5N(C)C)C4)c3c12. The third-order valence-corrected chi connectivity index (χ3v) is 9.37. The van der Waals surface area contributed by atoms with Gasteiger partial charge in [-0.1, -0.05) is 6.07 Å². The second kappa shape index (κ2) is 9.81. The molecule has 0 spiro atoms. The molecule has 43 heavy (non-hydrogen) atoms. The predicted octanol–water partition coefficient (Wildman–Crippen LogP) is 5.20. The van der Waals surface area contributed by atoms with E-state index in [1.54, 1.807) is 31.6 Å².